The second kappa shape index (κ2) is 5.41. The van der Waals surface area contributed by atoms with Gasteiger partial charge in [-0.25, -0.2) is 0 Å². The Balaban J connectivity index is 1.62. The van der Waals surface area contributed by atoms with Crippen LogP contribution in [0.5, 0.6) is 0 Å². The third-order valence-corrected chi connectivity index (χ3v) is 3.64. The highest BCUT2D eigenvalue weighted by Crippen LogP contribution is 2.23. The van der Waals surface area contributed by atoms with Gasteiger partial charge >= 0.3 is 0 Å². The van der Waals surface area contributed by atoms with Crippen molar-refractivity contribution in [3.8, 4) is 0 Å². The van der Waals surface area contributed by atoms with E-state index in [0.29, 0.717) is 6.42 Å². The van der Waals surface area contributed by atoms with Crippen LogP contribution in [-0.4, -0.2) is 17.0 Å². The molecule has 1 aliphatic rings. The molecule has 1 N–H and O–H groups in total. The number of aryl methyl sites for hydroxylation is 1. The Morgan fingerprint density at radius 3 is 2.60 bits per heavy atom. The monoisotopic (exact) mass is 269 g/mol. The Morgan fingerprint density at radius 1 is 1.20 bits per heavy atom. The molecule has 1 amide bonds. The van der Waals surface area contributed by atoms with E-state index in [1.807, 2.05) is 47.0 Å². The lowest BCUT2D eigenvalue weighted by molar-refractivity contribution is -0.117. The molecule has 0 bridgehead atoms. The maximum Gasteiger partial charge on any atom is 0.227 e. The number of carbonyl (C=O) groups is 1. The fourth-order valence-corrected chi connectivity index (χ4v) is 2.55. The van der Waals surface area contributed by atoms with Gasteiger partial charge in [0.05, 0.1) is 0 Å². The van der Waals surface area contributed by atoms with Gasteiger partial charge in [-0.1, -0.05) is 0 Å². The van der Waals surface area contributed by atoms with Crippen molar-refractivity contribution in [1.29, 1.82) is 0 Å². The van der Waals surface area contributed by atoms with Crippen molar-refractivity contribution in [3.63, 3.8) is 0 Å². The Labute approximate surface area is 119 Å². The average molecular weight is 269 g/mol. The second-order valence-electron chi connectivity index (χ2n) is 5.23. The van der Waals surface area contributed by atoms with Gasteiger partial charge in [0.15, 0.2) is 0 Å². The number of rotatable bonds is 4. The van der Waals surface area contributed by atoms with Crippen molar-refractivity contribution in [2.45, 2.75) is 19.4 Å². The topological polar surface area (TPSA) is 37.3 Å². The van der Waals surface area contributed by atoms with Crippen LogP contribution >= 0.6 is 0 Å². The van der Waals surface area contributed by atoms with Gasteiger partial charge in [0, 0.05) is 50.3 Å². The maximum absolute atomic E-state index is 11.7. The molecule has 4 heteroatoms. The Bertz CT molecular complexity index is 600. The maximum atomic E-state index is 11.7. The van der Waals surface area contributed by atoms with E-state index in [1.165, 1.54) is 5.56 Å². The lowest BCUT2D eigenvalue weighted by atomic mass is 10.2. The highest BCUT2D eigenvalue weighted by atomic mass is 16.2. The molecule has 0 unspecified atom stereocenters. The first-order chi connectivity index (χ1) is 9.72. The van der Waals surface area contributed by atoms with Crippen molar-refractivity contribution in [2.75, 3.05) is 16.8 Å². The molecule has 0 spiro atoms. The van der Waals surface area contributed by atoms with E-state index in [2.05, 4.69) is 17.6 Å². The number of anilines is 2. The summed E-state index contributed by atoms with van der Waals surface area (Å²) < 4.78 is 2.04. The number of amides is 1. The van der Waals surface area contributed by atoms with Crippen molar-refractivity contribution < 1.29 is 4.79 Å². The van der Waals surface area contributed by atoms with E-state index in [1.54, 1.807) is 0 Å². The summed E-state index contributed by atoms with van der Waals surface area (Å²) in [6.45, 7) is 1.65. The number of hydrogen-bond acceptors (Lipinski definition) is 2. The minimum atomic E-state index is 0.231. The largest absolute Gasteiger partial charge is 0.381 e. The molecule has 1 aromatic carbocycles. The predicted molar refractivity (Wildman–Crippen MR) is 80.8 cm³/mol. The Kier molecular flexibility index (Phi) is 3.46. The summed E-state index contributed by atoms with van der Waals surface area (Å²) in [5.74, 6) is 0.231. The zero-order valence-corrected chi connectivity index (χ0v) is 11.7. The molecule has 0 saturated carbocycles. The standard InChI is InChI=1S/C16H19N3O/c1-18-10-8-13(12-18)11-17-14-4-6-15(7-5-14)19-9-2-3-16(19)20/h4-8,10,12,17H,2-3,9,11H2,1H3. The molecule has 1 aliphatic heterocycles. The van der Waals surface area contributed by atoms with Gasteiger partial charge in [0.25, 0.3) is 0 Å². The molecule has 20 heavy (non-hydrogen) atoms. The van der Waals surface area contributed by atoms with Gasteiger partial charge in [0.1, 0.15) is 0 Å². The van der Waals surface area contributed by atoms with Crippen molar-refractivity contribution >= 4 is 17.3 Å². The van der Waals surface area contributed by atoms with Crippen LogP contribution in [0.3, 0.4) is 0 Å². The summed E-state index contributed by atoms with van der Waals surface area (Å²) in [7, 11) is 2.02. The molecule has 0 atom stereocenters. The second-order valence-corrected chi connectivity index (χ2v) is 5.23. The first-order valence-corrected chi connectivity index (χ1v) is 6.97. The third kappa shape index (κ3) is 2.69. The Morgan fingerprint density at radius 2 is 2.00 bits per heavy atom. The molecule has 0 aliphatic carbocycles. The quantitative estimate of drug-likeness (QED) is 0.926. The Hall–Kier alpha value is -2.23. The van der Waals surface area contributed by atoms with Crippen LogP contribution in [0.2, 0.25) is 0 Å². The van der Waals surface area contributed by atoms with Crippen LogP contribution < -0.4 is 10.2 Å². The molecule has 0 radical (unpaired) electrons. The number of nitrogens with one attached hydrogen (secondary N) is 1. The molecular formula is C16H19N3O. The van der Waals surface area contributed by atoms with Gasteiger partial charge in [-0.05, 0) is 42.3 Å². The van der Waals surface area contributed by atoms with Crippen LogP contribution in [0.4, 0.5) is 11.4 Å². The van der Waals surface area contributed by atoms with E-state index in [4.69, 9.17) is 0 Å². The lowest BCUT2D eigenvalue weighted by Gasteiger charge is -2.16. The van der Waals surface area contributed by atoms with E-state index < -0.39 is 0 Å². The molecule has 1 aromatic heterocycles. The summed E-state index contributed by atoms with van der Waals surface area (Å²) in [6.07, 6.45) is 5.78. The van der Waals surface area contributed by atoms with Crippen LogP contribution in [-0.2, 0) is 18.4 Å². The van der Waals surface area contributed by atoms with Crippen LogP contribution in [0.1, 0.15) is 18.4 Å². The number of benzene rings is 1. The highest BCUT2D eigenvalue weighted by molar-refractivity contribution is 5.95. The fourth-order valence-electron chi connectivity index (χ4n) is 2.55. The van der Waals surface area contributed by atoms with Gasteiger partial charge in [-0.3, -0.25) is 4.79 Å². The van der Waals surface area contributed by atoms with Gasteiger partial charge in [0.2, 0.25) is 5.91 Å². The van der Waals surface area contributed by atoms with E-state index >= 15 is 0 Å². The number of aromatic nitrogens is 1. The average Bonchev–Trinajstić information content (AvgIpc) is 3.06. The first-order valence-electron chi connectivity index (χ1n) is 6.97. The smallest absolute Gasteiger partial charge is 0.227 e. The zero-order valence-electron chi connectivity index (χ0n) is 11.7. The van der Waals surface area contributed by atoms with E-state index in [0.717, 1.165) is 30.9 Å². The molecular weight excluding hydrogens is 250 g/mol. The summed E-state index contributed by atoms with van der Waals surface area (Å²) in [5, 5.41) is 3.39. The molecule has 1 saturated heterocycles. The minimum Gasteiger partial charge on any atom is -0.381 e. The SMILES string of the molecule is Cn1ccc(CNc2ccc(N3CCCC3=O)cc2)c1. The summed E-state index contributed by atoms with van der Waals surface area (Å²) in [6, 6.07) is 10.2. The molecule has 104 valence electrons. The van der Waals surface area contributed by atoms with Crippen molar-refractivity contribution in [3.05, 3.63) is 48.3 Å². The van der Waals surface area contributed by atoms with Crippen LogP contribution in [0.25, 0.3) is 0 Å². The third-order valence-electron chi connectivity index (χ3n) is 3.64. The van der Waals surface area contributed by atoms with Gasteiger partial charge in [-0.2, -0.15) is 0 Å². The molecule has 2 aromatic rings. The van der Waals surface area contributed by atoms with Crippen molar-refractivity contribution in [2.24, 2.45) is 7.05 Å². The normalized spacial score (nSPS) is 14.8. The summed E-state index contributed by atoms with van der Waals surface area (Å²) in [5.41, 5.74) is 3.33. The van der Waals surface area contributed by atoms with Crippen LogP contribution in [0, 0.1) is 0 Å². The first kappa shape index (κ1) is 12.8. The van der Waals surface area contributed by atoms with E-state index in [9.17, 15) is 4.79 Å². The van der Waals surface area contributed by atoms with E-state index in [-0.39, 0.29) is 5.91 Å². The molecule has 2 heterocycles. The molecule has 3 rings (SSSR count). The van der Waals surface area contributed by atoms with Gasteiger partial charge < -0.3 is 14.8 Å². The minimum absolute atomic E-state index is 0.231. The number of carbonyl (C=O) groups excluding carboxylic acids is 1. The zero-order chi connectivity index (χ0) is 13.9. The van der Waals surface area contributed by atoms with Crippen molar-refractivity contribution in [1.82, 2.24) is 4.57 Å². The number of nitrogens with zero attached hydrogens (tertiary/aromatic N) is 2. The summed E-state index contributed by atoms with van der Waals surface area (Å²) >= 11 is 0. The summed E-state index contributed by atoms with van der Waals surface area (Å²) in [4.78, 5) is 13.5. The predicted octanol–water partition coefficient (Wildman–Crippen LogP) is 2.76. The fraction of sp³-hybridized carbons (Fsp3) is 0.312. The van der Waals surface area contributed by atoms with Crippen LogP contribution in [0.15, 0.2) is 42.7 Å². The lowest BCUT2D eigenvalue weighted by Crippen LogP contribution is -2.23. The number of hydrogen-bond donors (Lipinski definition) is 1. The molecule has 4 nitrogen and oxygen atoms in total. The van der Waals surface area contributed by atoms with Gasteiger partial charge in [-0.15, -0.1) is 0 Å². The highest BCUT2D eigenvalue weighted by Gasteiger charge is 2.21. The molecule has 1 fully saturated rings.